The first kappa shape index (κ1) is 18.9. The highest BCUT2D eigenvalue weighted by Gasteiger charge is 2.29. The summed E-state index contributed by atoms with van der Waals surface area (Å²) in [5, 5.41) is 11.6. The second kappa shape index (κ2) is 8.09. The Bertz CT molecular complexity index is 669. The molecular formula is C17H26N2O4S. The third-order valence-electron chi connectivity index (χ3n) is 4.51. The molecule has 2 N–H and O–H groups in total. The molecule has 1 atom stereocenters. The summed E-state index contributed by atoms with van der Waals surface area (Å²) in [6.07, 6.45) is 5.01. The summed E-state index contributed by atoms with van der Waals surface area (Å²) >= 11 is 0. The van der Waals surface area contributed by atoms with Crippen LogP contribution in [0.4, 0.5) is 0 Å². The number of carbonyl (C=O) groups is 1. The van der Waals surface area contributed by atoms with Crippen LogP contribution in [0.1, 0.15) is 49.4 Å². The van der Waals surface area contributed by atoms with Crippen LogP contribution in [0.2, 0.25) is 0 Å². The number of sulfonamides is 1. The minimum atomic E-state index is -3.62. The molecule has 0 aromatic heterocycles. The fourth-order valence-electron chi connectivity index (χ4n) is 2.96. The Hall–Kier alpha value is -1.44. The molecule has 0 heterocycles. The maximum Gasteiger partial charge on any atom is 0.251 e. The maximum atomic E-state index is 12.8. The quantitative estimate of drug-likeness (QED) is 0.815. The van der Waals surface area contributed by atoms with Gasteiger partial charge in [-0.3, -0.25) is 4.79 Å². The van der Waals surface area contributed by atoms with Crippen LogP contribution in [0, 0.1) is 0 Å². The molecule has 1 aromatic rings. The van der Waals surface area contributed by atoms with Gasteiger partial charge in [0, 0.05) is 24.7 Å². The second-order valence-electron chi connectivity index (χ2n) is 6.40. The van der Waals surface area contributed by atoms with Crippen molar-refractivity contribution in [3.63, 3.8) is 0 Å². The van der Waals surface area contributed by atoms with Gasteiger partial charge in [0.15, 0.2) is 0 Å². The van der Waals surface area contributed by atoms with Gasteiger partial charge in [0.05, 0.1) is 11.5 Å². The summed E-state index contributed by atoms with van der Waals surface area (Å²) in [6, 6.07) is 5.69. The van der Waals surface area contributed by atoms with Crippen molar-refractivity contribution in [3.8, 4) is 0 Å². The van der Waals surface area contributed by atoms with Crippen molar-refractivity contribution in [2.24, 2.45) is 0 Å². The number of hydrogen-bond donors (Lipinski definition) is 2. The Morgan fingerprint density at radius 2 is 2.00 bits per heavy atom. The molecule has 1 aliphatic rings. The van der Waals surface area contributed by atoms with E-state index in [0.717, 1.165) is 32.1 Å². The van der Waals surface area contributed by atoms with Gasteiger partial charge in [-0.2, -0.15) is 4.31 Å². The van der Waals surface area contributed by atoms with Crippen molar-refractivity contribution in [2.75, 3.05) is 13.7 Å². The summed E-state index contributed by atoms with van der Waals surface area (Å²) in [7, 11) is -2.01. The summed E-state index contributed by atoms with van der Waals surface area (Å²) in [6.45, 7) is 1.50. The molecule has 0 radical (unpaired) electrons. The molecule has 0 saturated heterocycles. The number of nitrogens with zero attached hydrogens (tertiary/aromatic N) is 1. The Balaban J connectivity index is 2.21. The van der Waals surface area contributed by atoms with E-state index < -0.39 is 15.9 Å². The van der Waals surface area contributed by atoms with E-state index in [9.17, 15) is 13.2 Å². The summed E-state index contributed by atoms with van der Waals surface area (Å²) in [5.41, 5.74) is 0.272. The van der Waals surface area contributed by atoms with Gasteiger partial charge in [0.25, 0.3) is 5.91 Å². The van der Waals surface area contributed by atoms with Crippen molar-refractivity contribution in [1.29, 1.82) is 0 Å². The number of hydrogen-bond acceptors (Lipinski definition) is 4. The Kier molecular flexibility index (Phi) is 6.37. The van der Waals surface area contributed by atoms with Crippen molar-refractivity contribution in [2.45, 2.75) is 56.0 Å². The SMILES string of the molecule is C[C@H](CO)NC(=O)c1cccc(S(=O)(=O)N(C)C2CCCCC2)c1. The molecule has 1 saturated carbocycles. The van der Waals surface area contributed by atoms with E-state index in [0.29, 0.717) is 0 Å². The lowest BCUT2D eigenvalue weighted by atomic mass is 9.96. The number of aliphatic hydroxyl groups excluding tert-OH is 1. The van der Waals surface area contributed by atoms with E-state index in [4.69, 9.17) is 5.11 Å². The second-order valence-corrected chi connectivity index (χ2v) is 8.40. The summed E-state index contributed by atoms with van der Waals surface area (Å²) in [5.74, 6) is -0.395. The summed E-state index contributed by atoms with van der Waals surface area (Å²) < 4.78 is 27.1. The number of nitrogens with one attached hydrogen (secondary N) is 1. The molecular weight excluding hydrogens is 328 g/mol. The van der Waals surface area contributed by atoms with Gasteiger partial charge in [0.1, 0.15) is 0 Å². The Morgan fingerprint density at radius 3 is 2.62 bits per heavy atom. The molecule has 1 amide bonds. The third-order valence-corrected chi connectivity index (χ3v) is 6.42. The van der Waals surface area contributed by atoms with E-state index in [2.05, 4.69) is 5.32 Å². The number of aliphatic hydroxyl groups is 1. The van der Waals surface area contributed by atoms with Gasteiger partial charge >= 0.3 is 0 Å². The topological polar surface area (TPSA) is 86.7 Å². The molecule has 0 spiro atoms. The smallest absolute Gasteiger partial charge is 0.251 e. The van der Waals surface area contributed by atoms with E-state index in [1.54, 1.807) is 26.1 Å². The summed E-state index contributed by atoms with van der Waals surface area (Å²) in [4.78, 5) is 12.3. The Labute approximate surface area is 143 Å². The van der Waals surface area contributed by atoms with Crippen LogP contribution in [0.5, 0.6) is 0 Å². The predicted octanol–water partition coefficient (Wildman–Crippen LogP) is 1.75. The minimum Gasteiger partial charge on any atom is -0.394 e. The first-order chi connectivity index (χ1) is 11.4. The van der Waals surface area contributed by atoms with E-state index in [-0.39, 0.29) is 29.1 Å². The van der Waals surface area contributed by atoms with Gasteiger partial charge in [-0.1, -0.05) is 25.3 Å². The molecule has 7 heteroatoms. The van der Waals surface area contributed by atoms with E-state index >= 15 is 0 Å². The van der Waals surface area contributed by atoms with Crippen molar-refractivity contribution >= 4 is 15.9 Å². The van der Waals surface area contributed by atoms with Crippen LogP contribution in [-0.2, 0) is 10.0 Å². The van der Waals surface area contributed by atoms with Crippen molar-refractivity contribution in [1.82, 2.24) is 9.62 Å². The molecule has 1 aromatic carbocycles. The van der Waals surface area contributed by atoms with Crippen LogP contribution in [-0.4, -0.2) is 49.5 Å². The highest BCUT2D eigenvalue weighted by molar-refractivity contribution is 7.89. The van der Waals surface area contributed by atoms with E-state index in [1.165, 1.54) is 16.4 Å². The average Bonchev–Trinajstić information content (AvgIpc) is 2.61. The lowest BCUT2D eigenvalue weighted by molar-refractivity contribution is 0.0922. The van der Waals surface area contributed by atoms with Crippen LogP contribution in [0.25, 0.3) is 0 Å². The molecule has 6 nitrogen and oxygen atoms in total. The van der Waals surface area contributed by atoms with Crippen LogP contribution in [0.3, 0.4) is 0 Å². The number of rotatable bonds is 6. The van der Waals surface area contributed by atoms with Gasteiger partial charge < -0.3 is 10.4 Å². The highest BCUT2D eigenvalue weighted by Crippen LogP contribution is 2.26. The predicted molar refractivity (Wildman–Crippen MR) is 92.3 cm³/mol. The molecule has 0 bridgehead atoms. The molecule has 2 rings (SSSR count). The fraction of sp³-hybridized carbons (Fsp3) is 0.588. The first-order valence-corrected chi connectivity index (χ1v) is 9.80. The van der Waals surface area contributed by atoms with Crippen LogP contribution >= 0.6 is 0 Å². The average molecular weight is 354 g/mol. The van der Waals surface area contributed by atoms with Gasteiger partial charge in [-0.05, 0) is 38.0 Å². The van der Waals surface area contributed by atoms with Crippen molar-refractivity contribution < 1.29 is 18.3 Å². The number of benzene rings is 1. The zero-order chi connectivity index (χ0) is 17.7. The van der Waals surface area contributed by atoms with E-state index in [1.807, 2.05) is 0 Å². The normalized spacial score (nSPS) is 17.7. The molecule has 1 fully saturated rings. The zero-order valence-electron chi connectivity index (χ0n) is 14.2. The van der Waals surface area contributed by atoms with Gasteiger partial charge in [-0.25, -0.2) is 8.42 Å². The lowest BCUT2D eigenvalue weighted by Gasteiger charge is -2.30. The monoisotopic (exact) mass is 354 g/mol. The van der Waals surface area contributed by atoms with Gasteiger partial charge in [0.2, 0.25) is 10.0 Å². The number of carbonyl (C=O) groups excluding carboxylic acids is 1. The van der Waals surface area contributed by atoms with Crippen molar-refractivity contribution in [3.05, 3.63) is 29.8 Å². The van der Waals surface area contributed by atoms with Gasteiger partial charge in [-0.15, -0.1) is 0 Å². The molecule has 24 heavy (non-hydrogen) atoms. The lowest BCUT2D eigenvalue weighted by Crippen LogP contribution is -2.38. The minimum absolute atomic E-state index is 0.0237. The molecule has 0 aliphatic heterocycles. The third kappa shape index (κ3) is 4.34. The highest BCUT2D eigenvalue weighted by atomic mass is 32.2. The number of amides is 1. The molecule has 0 unspecified atom stereocenters. The van der Waals surface area contributed by atoms with Crippen LogP contribution in [0.15, 0.2) is 29.2 Å². The first-order valence-electron chi connectivity index (χ1n) is 8.36. The Morgan fingerprint density at radius 1 is 1.33 bits per heavy atom. The zero-order valence-corrected chi connectivity index (χ0v) is 15.1. The van der Waals surface area contributed by atoms with Crippen LogP contribution < -0.4 is 5.32 Å². The fourth-order valence-corrected chi connectivity index (χ4v) is 4.42. The largest absolute Gasteiger partial charge is 0.394 e. The molecule has 134 valence electrons. The maximum absolute atomic E-state index is 12.8. The standard InChI is InChI=1S/C17H26N2O4S/c1-13(12-20)18-17(21)14-7-6-10-16(11-14)24(22,23)19(2)15-8-4-3-5-9-15/h6-7,10-11,13,15,20H,3-5,8-9,12H2,1-2H3,(H,18,21)/t13-/m1/s1. The molecule has 1 aliphatic carbocycles.